The van der Waals surface area contributed by atoms with Gasteiger partial charge in [-0.3, -0.25) is 4.79 Å². The highest BCUT2D eigenvalue weighted by Gasteiger charge is 2.26. The van der Waals surface area contributed by atoms with Crippen LogP contribution in [0.1, 0.15) is 38.2 Å². The van der Waals surface area contributed by atoms with Crippen molar-refractivity contribution < 1.29 is 9.53 Å². The number of ether oxygens (including phenoxy) is 1. The highest BCUT2D eigenvalue weighted by Crippen LogP contribution is 2.29. The van der Waals surface area contributed by atoms with Crippen LogP contribution < -0.4 is 4.74 Å². The molecule has 1 heterocycles. The number of nitrogens with zero attached hydrogens (tertiary/aromatic N) is 1. The van der Waals surface area contributed by atoms with Crippen molar-refractivity contribution >= 4 is 5.91 Å². The maximum atomic E-state index is 13.0. The Morgan fingerprint density at radius 3 is 2.18 bits per heavy atom. The van der Waals surface area contributed by atoms with Gasteiger partial charge in [0.2, 0.25) is 0 Å². The first kappa shape index (κ1) is 18.3. The van der Waals surface area contributed by atoms with Crippen molar-refractivity contribution in [3.05, 3.63) is 100 Å². The summed E-state index contributed by atoms with van der Waals surface area (Å²) >= 11 is 0. The molecule has 0 saturated heterocycles. The molecule has 3 aromatic rings. The highest BCUT2D eigenvalue weighted by atomic mass is 16.5. The van der Waals surface area contributed by atoms with Crippen molar-refractivity contribution in [2.24, 2.45) is 0 Å². The van der Waals surface area contributed by atoms with E-state index in [4.69, 9.17) is 4.74 Å². The molecule has 0 N–H and O–H groups in total. The monoisotopic (exact) mass is 371 g/mol. The normalized spacial score (nSPS) is 13.4. The third kappa shape index (κ3) is 3.94. The minimum Gasteiger partial charge on any atom is -0.489 e. The fraction of sp³-hybridized carbons (Fsp3) is 0.240. The smallest absolute Gasteiger partial charge is 0.254 e. The van der Waals surface area contributed by atoms with E-state index in [1.807, 2.05) is 23.1 Å². The number of amides is 1. The van der Waals surface area contributed by atoms with Crippen LogP contribution in [-0.2, 0) is 19.6 Å². The van der Waals surface area contributed by atoms with Gasteiger partial charge in [-0.25, -0.2) is 0 Å². The van der Waals surface area contributed by atoms with Crippen LogP contribution in [0.5, 0.6) is 5.75 Å². The minimum absolute atomic E-state index is 0.0858. The summed E-state index contributed by atoms with van der Waals surface area (Å²) in [5, 5.41) is 0. The molecule has 4 rings (SSSR count). The molecule has 3 heteroatoms. The molecule has 28 heavy (non-hydrogen) atoms. The lowest BCUT2D eigenvalue weighted by atomic mass is 9.97. The SMILES string of the molecule is Cc1ccc(COc2cccc3c2CCN(Cc2ccc(C)cc2)C3=O)cc1. The zero-order valence-electron chi connectivity index (χ0n) is 16.4. The first-order chi connectivity index (χ1) is 13.6. The lowest BCUT2D eigenvalue weighted by Gasteiger charge is -2.29. The Bertz CT molecular complexity index is 974. The van der Waals surface area contributed by atoms with E-state index in [1.165, 1.54) is 11.1 Å². The molecule has 3 aromatic carbocycles. The first-order valence-corrected chi connectivity index (χ1v) is 9.75. The second-order valence-corrected chi connectivity index (χ2v) is 7.52. The van der Waals surface area contributed by atoms with Gasteiger partial charge >= 0.3 is 0 Å². The van der Waals surface area contributed by atoms with Gasteiger partial charge in [0, 0.05) is 24.2 Å². The number of hydrogen-bond acceptors (Lipinski definition) is 2. The van der Waals surface area contributed by atoms with Crippen molar-refractivity contribution in [1.82, 2.24) is 4.90 Å². The molecule has 1 amide bonds. The van der Waals surface area contributed by atoms with Crippen LogP contribution in [0.4, 0.5) is 0 Å². The molecule has 0 aliphatic carbocycles. The van der Waals surface area contributed by atoms with E-state index < -0.39 is 0 Å². The van der Waals surface area contributed by atoms with Gasteiger partial charge in [-0.1, -0.05) is 65.7 Å². The number of hydrogen-bond donors (Lipinski definition) is 0. The lowest BCUT2D eigenvalue weighted by Crippen LogP contribution is -2.37. The van der Waals surface area contributed by atoms with E-state index in [0.717, 1.165) is 34.4 Å². The summed E-state index contributed by atoms with van der Waals surface area (Å²) in [6.07, 6.45) is 0.816. The summed E-state index contributed by atoms with van der Waals surface area (Å²) in [4.78, 5) is 14.9. The quantitative estimate of drug-likeness (QED) is 0.626. The van der Waals surface area contributed by atoms with Crippen LogP contribution in [0.15, 0.2) is 66.7 Å². The molecular formula is C25H25NO2. The van der Waals surface area contributed by atoms with Crippen molar-refractivity contribution in [3.63, 3.8) is 0 Å². The Morgan fingerprint density at radius 1 is 0.857 bits per heavy atom. The van der Waals surface area contributed by atoms with Crippen LogP contribution in [0.25, 0.3) is 0 Å². The zero-order chi connectivity index (χ0) is 19.5. The largest absolute Gasteiger partial charge is 0.489 e. The van der Waals surface area contributed by atoms with Gasteiger partial charge < -0.3 is 9.64 Å². The predicted molar refractivity (Wildman–Crippen MR) is 112 cm³/mol. The van der Waals surface area contributed by atoms with E-state index in [1.54, 1.807) is 0 Å². The summed E-state index contributed by atoms with van der Waals surface area (Å²) in [6.45, 7) is 6.02. The Labute approximate surface area is 166 Å². The fourth-order valence-corrected chi connectivity index (χ4v) is 3.59. The molecule has 0 unspecified atom stereocenters. The topological polar surface area (TPSA) is 29.5 Å². The number of fused-ring (bicyclic) bond motifs is 1. The molecule has 3 nitrogen and oxygen atoms in total. The third-order valence-electron chi connectivity index (χ3n) is 5.29. The van der Waals surface area contributed by atoms with Crippen molar-refractivity contribution in [2.45, 2.75) is 33.4 Å². The fourth-order valence-electron chi connectivity index (χ4n) is 3.59. The lowest BCUT2D eigenvalue weighted by molar-refractivity contribution is 0.0725. The average Bonchev–Trinajstić information content (AvgIpc) is 2.71. The molecule has 0 radical (unpaired) electrons. The summed E-state index contributed by atoms with van der Waals surface area (Å²) in [5.74, 6) is 0.907. The van der Waals surface area contributed by atoms with Gasteiger partial charge in [0.15, 0.2) is 0 Å². The molecule has 0 spiro atoms. The third-order valence-corrected chi connectivity index (χ3v) is 5.29. The van der Waals surface area contributed by atoms with Gasteiger partial charge in [-0.2, -0.15) is 0 Å². The highest BCUT2D eigenvalue weighted by molar-refractivity contribution is 5.97. The van der Waals surface area contributed by atoms with Gasteiger partial charge in [0.25, 0.3) is 5.91 Å². The van der Waals surface area contributed by atoms with Crippen LogP contribution >= 0.6 is 0 Å². The van der Waals surface area contributed by atoms with E-state index >= 15 is 0 Å². The maximum Gasteiger partial charge on any atom is 0.254 e. The van der Waals surface area contributed by atoms with E-state index in [-0.39, 0.29) is 5.91 Å². The van der Waals surface area contributed by atoms with Gasteiger partial charge in [-0.05, 0) is 43.5 Å². The molecule has 0 atom stereocenters. The second-order valence-electron chi connectivity index (χ2n) is 7.52. The minimum atomic E-state index is 0.0858. The van der Waals surface area contributed by atoms with E-state index in [9.17, 15) is 4.79 Å². The number of benzene rings is 3. The molecular weight excluding hydrogens is 346 g/mol. The number of aryl methyl sites for hydroxylation is 2. The maximum absolute atomic E-state index is 13.0. The molecule has 0 bridgehead atoms. The Balaban J connectivity index is 1.49. The van der Waals surface area contributed by atoms with Crippen molar-refractivity contribution in [1.29, 1.82) is 0 Å². The summed E-state index contributed by atoms with van der Waals surface area (Å²) in [5.41, 5.74) is 6.55. The standard InChI is InChI=1S/C25H25NO2/c1-18-6-10-20(11-7-18)16-26-15-14-22-23(25(26)27)4-3-5-24(22)28-17-21-12-8-19(2)9-13-21/h3-13H,14-17H2,1-2H3. The Morgan fingerprint density at radius 2 is 1.50 bits per heavy atom. The van der Waals surface area contributed by atoms with Crippen molar-refractivity contribution in [2.75, 3.05) is 6.54 Å². The number of carbonyl (C=O) groups excluding carboxylic acids is 1. The molecule has 0 saturated carbocycles. The van der Waals surface area contributed by atoms with Gasteiger partial charge in [0.1, 0.15) is 12.4 Å². The van der Waals surface area contributed by atoms with Gasteiger partial charge in [-0.15, -0.1) is 0 Å². The summed E-state index contributed by atoms with van der Waals surface area (Å²) < 4.78 is 6.07. The van der Waals surface area contributed by atoms with Crippen LogP contribution in [-0.4, -0.2) is 17.4 Å². The molecule has 142 valence electrons. The number of carbonyl (C=O) groups is 1. The van der Waals surface area contributed by atoms with E-state index in [0.29, 0.717) is 19.7 Å². The average molecular weight is 371 g/mol. The molecule has 1 aliphatic rings. The second kappa shape index (κ2) is 7.89. The van der Waals surface area contributed by atoms with Crippen LogP contribution in [0, 0.1) is 13.8 Å². The van der Waals surface area contributed by atoms with Crippen LogP contribution in [0.3, 0.4) is 0 Å². The Kier molecular flexibility index (Phi) is 5.16. The molecule has 0 fully saturated rings. The molecule has 0 aromatic heterocycles. The zero-order valence-corrected chi connectivity index (χ0v) is 16.4. The van der Waals surface area contributed by atoms with Gasteiger partial charge in [0.05, 0.1) is 0 Å². The Hall–Kier alpha value is -3.07. The van der Waals surface area contributed by atoms with Crippen LogP contribution in [0.2, 0.25) is 0 Å². The molecule has 1 aliphatic heterocycles. The van der Waals surface area contributed by atoms with Crippen molar-refractivity contribution in [3.8, 4) is 5.75 Å². The summed E-state index contributed by atoms with van der Waals surface area (Å²) in [7, 11) is 0. The predicted octanol–water partition coefficient (Wildman–Crippen LogP) is 5.08. The summed E-state index contributed by atoms with van der Waals surface area (Å²) in [6, 6.07) is 22.5. The number of rotatable bonds is 5. The van der Waals surface area contributed by atoms with E-state index in [2.05, 4.69) is 62.4 Å². The first-order valence-electron chi connectivity index (χ1n) is 9.75.